The van der Waals surface area contributed by atoms with Gasteiger partial charge in [-0.3, -0.25) is 0 Å². The van der Waals surface area contributed by atoms with Gasteiger partial charge >= 0.3 is 0 Å². The van der Waals surface area contributed by atoms with Crippen LogP contribution in [-0.4, -0.2) is 0 Å². The largest absolute Gasteiger partial charge is 0.0616 e. The molecule has 9 aromatic rings. The minimum Gasteiger partial charge on any atom is -0.0616 e. The molecule has 0 saturated heterocycles. The van der Waals surface area contributed by atoms with Crippen molar-refractivity contribution in [3.63, 3.8) is 0 Å². The van der Waals surface area contributed by atoms with Crippen molar-refractivity contribution in [2.45, 2.75) is 19.3 Å². The monoisotopic (exact) mass is 596 g/mol. The van der Waals surface area contributed by atoms with E-state index in [0.717, 1.165) is 0 Å². The lowest BCUT2D eigenvalue weighted by molar-refractivity contribution is 0.663. The Morgan fingerprint density at radius 1 is 0.319 bits per heavy atom. The molecule has 1 aliphatic carbocycles. The Morgan fingerprint density at radius 3 is 1.43 bits per heavy atom. The first-order valence-electron chi connectivity index (χ1n) is 16.6. The summed E-state index contributed by atoms with van der Waals surface area (Å²) >= 11 is 0. The molecule has 0 unspecified atom stereocenters. The number of benzene rings is 9. The predicted molar refractivity (Wildman–Crippen MR) is 202 cm³/mol. The molecule has 1 aliphatic rings. The van der Waals surface area contributed by atoms with Crippen molar-refractivity contribution in [3.05, 3.63) is 169 Å². The van der Waals surface area contributed by atoms with Crippen LogP contribution in [0.3, 0.4) is 0 Å². The maximum Gasteiger partial charge on any atom is 0.0165 e. The van der Waals surface area contributed by atoms with E-state index in [2.05, 4.69) is 172 Å². The molecule has 0 amide bonds. The third-order valence-electron chi connectivity index (χ3n) is 10.8. The molecular weight excluding hydrogens is 565 g/mol. The van der Waals surface area contributed by atoms with Crippen molar-refractivity contribution in [2.75, 3.05) is 0 Å². The molecule has 10 rings (SSSR count). The molecule has 0 spiro atoms. The lowest BCUT2D eigenvalue weighted by atomic mass is 9.76. The lowest BCUT2D eigenvalue weighted by Crippen LogP contribution is -2.16. The standard InChI is InChI=1S/C47H32/c1-47(2)42-27-26-29-14-3-6-17-32(29)45(42)40-25-13-24-39(46(40)47)43-35-20-9-11-22-37(35)44(38-23-12-10-21-36(38)43)41-28-30-15-4-5-16-31(30)33-18-7-8-19-34(33)41/h3-28H,1-2H3. The Balaban J connectivity index is 1.35. The van der Waals surface area contributed by atoms with Crippen LogP contribution < -0.4 is 0 Å². The summed E-state index contributed by atoms with van der Waals surface area (Å²) in [6.07, 6.45) is 0. The SMILES string of the molecule is CC1(C)c2ccc3ccccc3c2-c2cccc(-c3c4ccccc4c(-c4cc5ccccc5c5ccccc45)c4ccccc34)c21. The molecule has 0 radical (unpaired) electrons. The van der Waals surface area contributed by atoms with Crippen LogP contribution in [-0.2, 0) is 5.41 Å². The summed E-state index contributed by atoms with van der Waals surface area (Å²) in [4.78, 5) is 0. The molecule has 0 aliphatic heterocycles. The fraction of sp³-hybridized carbons (Fsp3) is 0.0638. The number of fused-ring (bicyclic) bond motifs is 10. The Hall–Kier alpha value is -5.72. The molecule has 0 aromatic heterocycles. The number of rotatable bonds is 2. The topological polar surface area (TPSA) is 0 Å². The van der Waals surface area contributed by atoms with E-state index in [1.54, 1.807) is 0 Å². The zero-order chi connectivity index (χ0) is 31.3. The second-order valence-corrected chi connectivity index (χ2v) is 13.6. The Bertz CT molecular complexity index is 2700. The van der Waals surface area contributed by atoms with Crippen LogP contribution in [0, 0.1) is 0 Å². The average Bonchev–Trinajstić information content (AvgIpc) is 3.37. The van der Waals surface area contributed by atoms with Gasteiger partial charge in [0.1, 0.15) is 0 Å². The zero-order valence-electron chi connectivity index (χ0n) is 26.5. The Morgan fingerprint density at radius 2 is 0.787 bits per heavy atom. The molecule has 0 N–H and O–H groups in total. The molecule has 0 nitrogen and oxygen atoms in total. The minimum atomic E-state index is -0.152. The minimum absolute atomic E-state index is 0.152. The highest BCUT2D eigenvalue weighted by molar-refractivity contribution is 6.26. The average molecular weight is 597 g/mol. The van der Waals surface area contributed by atoms with E-state index in [1.165, 1.54) is 98.4 Å². The van der Waals surface area contributed by atoms with Crippen molar-refractivity contribution < 1.29 is 0 Å². The summed E-state index contributed by atoms with van der Waals surface area (Å²) in [5.41, 5.74) is 10.7. The zero-order valence-corrected chi connectivity index (χ0v) is 26.5. The second-order valence-electron chi connectivity index (χ2n) is 13.6. The van der Waals surface area contributed by atoms with Crippen LogP contribution in [0.5, 0.6) is 0 Å². The van der Waals surface area contributed by atoms with Gasteiger partial charge in [-0.05, 0) is 104 Å². The second kappa shape index (κ2) is 9.64. The van der Waals surface area contributed by atoms with Crippen molar-refractivity contribution in [2.24, 2.45) is 0 Å². The molecule has 0 atom stereocenters. The summed E-state index contributed by atoms with van der Waals surface area (Å²) in [5, 5.41) is 13.0. The van der Waals surface area contributed by atoms with Gasteiger partial charge < -0.3 is 0 Å². The van der Waals surface area contributed by atoms with Crippen LogP contribution in [0.25, 0.3) is 87.2 Å². The van der Waals surface area contributed by atoms with E-state index in [0.29, 0.717) is 0 Å². The predicted octanol–water partition coefficient (Wildman–Crippen LogP) is 13.1. The maximum absolute atomic E-state index is 2.41. The van der Waals surface area contributed by atoms with Gasteiger partial charge in [-0.2, -0.15) is 0 Å². The molecule has 0 heterocycles. The summed E-state index contributed by atoms with van der Waals surface area (Å²) in [7, 11) is 0. The summed E-state index contributed by atoms with van der Waals surface area (Å²) < 4.78 is 0. The quantitative estimate of drug-likeness (QED) is 0.138. The summed E-state index contributed by atoms with van der Waals surface area (Å²) in [5.74, 6) is 0. The van der Waals surface area contributed by atoms with Crippen LogP contribution in [0.2, 0.25) is 0 Å². The van der Waals surface area contributed by atoms with E-state index < -0.39 is 0 Å². The Kier molecular flexibility index (Phi) is 5.44. The maximum atomic E-state index is 2.41. The molecular formula is C47H32. The number of hydrogen-bond acceptors (Lipinski definition) is 0. The normalized spacial score (nSPS) is 13.5. The van der Waals surface area contributed by atoms with Gasteiger partial charge in [0.05, 0.1) is 0 Å². The van der Waals surface area contributed by atoms with E-state index in [-0.39, 0.29) is 5.41 Å². The fourth-order valence-electron chi connectivity index (χ4n) is 8.83. The summed E-state index contributed by atoms with van der Waals surface area (Å²) in [6, 6.07) is 58.8. The molecule has 0 heteroatoms. The van der Waals surface area contributed by atoms with E-state index >= 15 is 0 Å². The molecule has 47 heavy (non-hydrogen) atoms. The van der Waals surface area contributed by atoms with Crippen LogP contribution in [0.4, 0.5) is 0 Å². The van der Waals surface area contributed by atoms with Gasteiger partial charge in [0.25, 0.3) is 0 Å². The third kappa shape index (κ3) is 3.59. The molecule has 0 saturated carbocycles. The molecule has 0 bridgehead atoms. The van der Waals surface area contributed by atoms with Gasteiger partial charge in [-0.15, -0.1) is 0 Å². The first-order valence-corrected chi connectivity index (χ1v) is 16.6. The van der Waals surface area contributed by atoms with Gasteiger partial charge in [0.15, 0.2) is 0 Å². The van der Waals surface area contributed by atoms with Crippen LogP contribution in [0.15, 0.2) is 158 Å². The van der Waals surface area contributed by atoms with E-state index in [4.69, 9.17) is 0 Å². The number of hydrogen-bond donors (Lipinski definition) is 0. The molecule has 9 aromatic carbocycles. The molecule has 220 valence electrons. The molecule has 0 fully saturated rings. The van der Waals surface area contributed by atoms with E-state index in [1.807, 2.05) is 0 Å². The van der Waals surface area contributed by atoms with Gasteiger partial charge in [0, 0.05) is 5.41 Å². The van der Waals surface area contributed by atoms with Crippen molar-refractivity contribution in [1.29, 1.82) is 0 Å². The van der Waals surface area contributed by atoms with Crippen molar-refractivity contribution in [3.8, 4) is 33.4 Å². The van der Waals surface area contributed by atoms with E-state index in [9.17, 15) is 0 Å². The first kappa shape index (κ1) is 26.5. The summed E-state index contributed by atoms with van der Waals surface area (Å²) in [6.45, 7) is 4.83. The third-order valence-corrected chi connectivity index (χ3v) is 10.8. The highest BCUT2D eigenvalue weighted by atomic mass is 14.4. The fourth-order valence-corrected chi connectivity index (χ4v) is 8.83. The van der Waals surface area contributed by atoms with Crippen molar-refractivity contribution >= 4 is 53.9 Å². The highest BCUT2D eigenvalue weighted by Gasteiger charge is 2.39. The van der Waals surface area contributed by atoms with Gasteiger partial charge in [-0.1, -0.05) is 166 Å². The smallest absolute Gasteiger partial charge is 0.0165 e. The van der Waals surface area contributed by atoms with Crippen molar-refractivity contribution in [1.82, 2.24) is 0 Å². The van der Waals surface area contributed by atoms with Gasteiger partial charge in [-0.25, -0.2) is 0 Å². The Labute approximate surface area is 274 Å². The van der Waals surface area contributed by atoms with Crippen LogP contribution in [0.1, 0.15) is 25.0 Å². The van der Waals surface area contributed by atoms with Gasteiger partial charge in [0.2, 0.25) is 0 Å². The van der Waals surface area contributed by atoms with Crippen LogP contribution >= 0.6 is 0 Å². The highest BCUT2D eigenvalue weighted by Crippen LogP contribution is 2.56. The first-order chi connectivity index (χ1) is 23.1. The lowest BCUT2D eigenvalue weighted by Gasteiger charge is -2.26.